The Morgan fingerprint density at radius 3 is 2.17 bits per heavy atom. The molecule has 24 heavy (non-hydrogen) atoms. The van der Waals surface area contributed by atoms with Crippen molar-refractivity contribution in [3.05, 3.63) is 60.7 Å². The Labute approximate surface area is 146 Å². The fourth-order valence-electron chi connectivity index (χ4n) is 2.81. The van der Waals surface area contributed by atoms with Gasteiger partial charge in [-0.3, -0.25) is 0 Å². The molecule has 0 spiro atoms. The number of nitrogens with zero attached hydrogens (tertiary/aromatic N) is 1. The van der Waals surface area contributed by atoms with Gasteiger partial charge in [0, 0.05) is 11.4 Å². The molecule has 7 heteroatoms. The maximum absolute atomic E-state index is 11.9. The molecule has 5 nitrogen and oxygen atoms in total. The van der Waals surface area contributed by atoms with Crippen LogP contribution >= 0.6 is 12.2 Å². The van der Waals surface area contributed by atoms with E-state index in [0.717, 1.165) is 11.4 Å². The summed E-state index contributed by atoms with van der Waals surface area (Å²) in [4.78, 5) is 1.69. The van der Waals surface area contributed by atoms with E-state index in [0.29, 0.717) is 5.11 Å². The number of sulfone groups is 1. The van der Waals surface area contributed by atoms with Gasteiger partial charge in [-0.05, 0) is 36.5 Å². The van der Waals surface area contributed by atoms with Crippen molar-refractivity contribution in [3.8, 4) is 0 Å². The molecule has 126 valence electrons. The topological polar surface area (TPSA) is 69.6 Å². The molecule has 1 saturated heterocycles. The zero-order valence-electron chi connectivity index (χ0n) is 12.9. The number of hydrogen-bond acceptors (Lipinski definition) is 4. The molecule has 1 heterocycles. The van der Waals surface area contributed by atoms with Gasteiger partial charge in [0.05, 0.1) is 23.7 Å². The molecule has 1 fully saturated rings. The van der Waals surface area contributed by atoms with Crippen LogP contribution in [0.15, 0.2) is 60.7 Å². The summed E-state index contributed by atoms with van der Waals surface area (Å²) in [5.41, 5.74) is 1.55. The molecule has 0 aromatic heterocycles. The van der Waals surface area contributed by atoms with Gasteiger partial charge in [-0.25, -0.2) is 8.42 Å². The minimum absolute atomic E-state index is 0.125. The molecule has 0 saturated carbocycles. The Hall–Kier alpha value is -1.96. The molecule has 2 aromatic carbocycles. The highest BCUT2D eigenvalue weighted by molar-refractivity contribution is 7.91. The third kappa shape index (κ3) is 3.75. The summed E-state index contributed by atoms with van der Waals surface area (Å²) in [6, 6.07) is 18.1. The van der Waals surface area contributed by atoms with E-state index in [1.54, 1.807) is 4.90 Å². The molecule has 0 bridgehead atoms. The molecule has 0 amide bonds. The highest BCUT2D eigenvalue weighted by Crippen LogP contribution is 2.26. The lowest BCUT2D eigenvalue weighted by atomic mass is 10.1. The van der Waals surface area contributed by atoms with Crippen molar-refractivity contribution in [2.45, 2.75) is 12.1 Å². The predicted molar refractivity (Wildman–Crippen MR) is 100 cm³/mol. The second-order valence-electron chi connectivity index (χ2n) is 5.71. The lowest BCUT2D eigenvalue weighted by Crippen LogP contribution is -2.48. The Morgan fingerprint density at radius 1 is 1.04 bits per heavy atom. The van der Waals surface area contributed by atoms with Crippen LogP contribution in [-0.2, 0) is 9.84 Å². The van der Waals surface area contributed by atoms with Gasteiger partial charge in [0.2, 0.25) is 0 Å². The standard InChI is InChI=1S/C17H18N2O3S2/c20-16-12-24(21,22)11-15(16)19(14-9-5-2-6-10-14)17(23)18-13-7-3-1-4-8-13/h1-10,15-16,20H,11-12H2,(H,18,23)/t15-,16-/m1/s1. The van der Waals surface area contributed by atoms with Crippen LogP contribution in [-0.4, -0.2) is 42.3 Å². The van der Waals surface area contributed by atoms with E-state index < -0.39 is 22.0 Å². The number of aliphatic hydroxyl groups is 1. The minimum atomic E-state index is -3.28. The van der Waals surface area contributed by atoms with Crippen LogP contribution in [0.25, 0.3) is 0 Å². The van der Waals surface area contributed by atoms with Crippen LogP contribution in [0.3, 0.4) is 0 Å². The molecule has 2 aromatic rings. The smallest absolute Gasteiger partial charge is 0.178 e. The van der Waals surface area contributed by atoms with Gasteiger partial charge in [-0.2, -0.15) is 0 Å². The van der Waals surface area contributed by atoms with E-state index in [1.807, 2.05) is 60.7 Å². The van der Waals surface area contributed by atoms with Crippen LogP contribution in [0.1, 0.15) is 0 Å². The number of anilines is 2. The first-order valence-corrected chi connectivity index (χ1v) is 9.78. The van der Waals surface area contributed by atoms with Crippen molar-refractivity contribution >= 4 is 38.5 Å². The van der Waals surface area contributed by atoms with Crippen LogP contribution in [0.2, 0.25) is 0 Å². The third-order valence-electron chi connectivity index (χ3n) is 3.90. The molecule has 0 radical (unpaired) electrons. The lowest BCUT2D eigenvalue weighted by molar-refractivity contribution is 0.184. The average molecular weight is 362 g/mol. The van der Waals surface area contributed by atoms with E-state index in [-0.39, 0.29) is 11.5 Å². The third-order valence-corrected chi connectivity index (χ3v) is 5.90. The van der Waals surface area contributed by atoms with Gasteiger partial charge in [-0.15, -0.1) is 0 Å². The first kappa shape index (κ1) is 16.9. The molecule has 1 aliphatic rings. The van der Waals surface area contributed by atoms with E-state index in [4.69, 9.17) is 12.2 Å². The first-order chi connectivity index (χ1) is 11.5. The number of nitrogens with one attached hydrogen (secondary N) is 1. The number of thiocarbonyl (C=S) groups is 1. The normalized spacial score (nSPS) is 22.0. The molecular weight excluding hydrogens is 344 g/mol. The zero-order chi connectivity index (χ0) is 17.2. The molecule has 2 atom stereocenters. The van der Waals surface area contributed by atoms with Crippen molar-refractivity contribution in [3.63, 3.8) is 0 Å². The van der Waals surface area contributed by atoms with Gasteiger partial charge in [0.25, 0.3) is 0 Å². The molecule has 3 rings (SSSR count). The first-order valence-electron chi connectivity index (χ1n) is 7.55. The van der Waals surface area contributed by atoms with E-state index in [9.17, 15) is 13.5 Å². The second kappa shape index (κ2) is 6.88. The van der Waals surface area contributed by atoms with Crippen LogP contribution < -0.4 is 10.2 Å². The summed E-state index contributed by atoms with van der Waals surface area (Å²) in [6.45, 7) is 0. The van der Waals surface area contributed by atoms with Gasteiger partial charge in [-0.1, -0.05) is 36.4 Å². The number of aliphatic hydroxyl groups excluding tert-OH is 1. The largest absolute Gasteiger partial charge is 0.390 e. The average Bonchev–Trinajstić information content (AvgIpc) is 2.82. The lowest BCUT2D eigenvalue weighted by Gasteiger charge is -2.32. The van der Waals surface area contributed by atoms with Gasteiger partial charge in [0.1, 0.15) is 0 Å². The summed E-state index contributed by atoms with van der Waals surface area (Å²) in [6.07, 6.45) is -0.981. The van der Waals surface area contributed by atoms with Crippen LogP contribution in [0.4, 0.5) is 11.4 Å². The summed E-state index contributed by atoms with van der Waals surface area (Å²) >= 11 is 5.51. The number of rotatable bonds is 3. The Balaban J connectivity index is 1.92. The van der Waals surface area contributed by atoms with Gasteiger partial charge < -0.3 is 15.3 Å². The molecule has 1 aliphatic heterocycles. The van der Waals surface area contributed by atoms with E-state index >= 15 is 0 Å². The molecule has 2 N–H and O–H groups in total. The van der Waals surface area contributed by atoms with Crippen LogP contribution in [0, 0.1) is 0 Å². The molecular formula is C17H18N2O3S2. The summed E-state index contributed by atoms with van der Waals surface area (Å²) in [5, 5.41) is 13.7. The maximum atomic E-state index is 11.9. The second-order valence-corrected chi connectivity index (χ2v) is 8.25. The predicted octanol–water partition coefficient (Wildman–Crippen LogP) is 2.05. The SMILES string of the molecule is O=S1(=O)C[C@@H](O)[C@H](N(C(=S)Nc2ccccc2)c2ccccc2)C1. The number of benzene rings is 2. The molecule has 0 unspecified atom stereocenters. The van der Waals surface area contributed by atoms with Crippen molar-refractivity contribution in [1.82, 2.24) is 0 Å². The van der Waals surface area contributed by atoms with Crippen LogP contribution in [0.5, 0.6) is 0 Å². The minimum Gasteiger partial charge on any atom is -0.390 e. The monoisotopic (exact) mass is 362 g/mol. The maximum Gasteiger partial charge on any atom is 0.178 e. The summed E-state index contributed by atoms with van der Waals surface area (Å²) in [5.74, 6) is -0.366. The zero-order valence-corrected chi connectivity index (χ0v) is 14.5. The van der Waals surface area contributed by atoms with Crippen molar-refractivity contribution < 1.29 is 13.5 Å². The Bertz CT molecular complexity index is 810. The Morgan fingerprint density at radius 2 is 1.62 bits per heavy atom. The van der Waals surface area contributed by atoms with Gasteiger partial charge >= 0.3 is 0 Å². The van der Waals surface area contributed by atoms with E-state index in [1.165, 1.54) is 0 Å². The van der Waals surface area contributed by atoms with Crippen molar-refractivity contribution in [1.29, 1.82) is 0 Å². The number of para-hydroxylation sites is 2. The fourth-order valence-corrected chi connectivity index (χ4v) is 4.94. The quantitative estimate of drug-likeness (QED) is 0.815. The van der Waals surface area contributed by atoms with E-state index in [2.05, 4.69) is 5.32 Å². The summed E-state index contributed by atoms with van der Waals surface area (Å²) < 4.78 is 23.8. The molecule has 0 aliphatic carbocycles. The Kier molecular flexibility index (Phi) is 4.84. The van der Waals surface area contributed by atoms with Gasteiger partial charge in [0.15, 0.2) is 14.9 Å². The van der Waals surface area contributed by atoms with Crippen molar-refractivity contribution in [2.75, 3.05) is 21.7 Å². The number of hydrogen-bond donors (Lipinski definition) is 2. The highest BCUT2D eigenvalue weighted by Gasteiger charge is 2.41. The summed E-state index contributed by atoms with van der Waals surface area (Å²) in [7, 11) is -3.28. The van der Waals surface area contributed by atoms with Crippen molar-refractivity contribution in [2.24, 2.45) is 0 Å². The highest BCUT2D eigenvalue weighted by atomic mass is 32.2. The fraction of sp³-hybridized carbons (Fsp3) is 0.235.